The zero-order valence-electron chi connectivity index (χ0n) is 13.6. The summed E-state index contributed by atoms with van der Waals surface area (Å²) in [6.07, 6.45) is 6.56. The van der Waals surface area contributed by atoms with Crippen LogP contribution in [0.2, 0.25) is 0 Å². The highest BCUT2D eigenvalue weighted by molar-refractivity contribution is 5.69. The summed E-state index contributed by atoms with van der Waals surface area (Å²) in [5.74, 6) is 1.69. The largest absolute Gasteiger partial charge is 0.464 e. The highest BCUT2D eigenvalue weighted by Gasteiger charge is 2.18. The lowest BCUT2D eigenvalue weighted by atomic mass is 9.86. The molecule has 0 spiro atoms. The lowest BCUT2D eigenvalue weighted by Gasteiger charge is -2.27. The quantitative estimate of drug-likeness (QED) is 0.874. The summed E-state index contributed by atoms with van der Waals surface area (Å²) in [4.78, 5) is 0. The first kappa shape index (κ1) is 15.2. The Morgan fingerprint density at radius 3 is 2.55 bits per heavy atom. The maximum absolute atomic E-state index is 5.98. The molecule has 1 saturated carbocycles. The number of furan rings is 1. The molecule has 1 aliphatic rings. The summed E-state index contributed by atoms with van der Waals surface area (Å²) in [6, 6.07) is 8.70. The molecule has 0 amide bonds. The molecule has 1 aromatic carbocycles. The van der Waals surface area contributed by atoms with E-state index in [1.165, 1.54) is 48.1 Å². The van der Waals surface area contributed by atoms with E-state index < -0.39 is 0 Å². The summed E-state index contributed by atoms with van der Waals surface area (Å²) in [7, 11) is 0. The van der Waals surface area contributed by atoms with Crippen molar-refractivity contribution < 1.29 is 4.42 Å². The summed E-state index contributed by atoms with van der Waals surface area (Å²) < 4.78 is 5.53. The number of nitrogens with two attached hydrogens (primary N) is 1. The third-order valence-electron chi connectivity index (χ3n) is 5.05. The molecule has 0 unspecified atom stereocenters. The topological polar surface area (TPSA) is 51.2 Å². The van der Waals surface area contributed by atoms with E-state index in [-0.39, 0.29) is 0 Å². The molecule has 0 saturated heterocycles. The van der Waals surface area contributed by atoms with Crippen LogP contribution in [0.5, 0.6) is 0 Å². The summed E-state index contributed by atoms with van der Waals surface area (Å²) in [5.41, 5.74) is 11.0. The lowest BCUT2D eigenvalue weighted by molar-refractivity contribution is 0.339. The molecule has 1 aliphatic carbocycles. The molecule has 0 radical (unpaired) electrons. The Balaban J connectivity index is 1.68. The fourth-order valence-electron chi connectivity index (χ4n) is 3.36. The summed E-state index contributed by atoms with van der Waals surface area (Å²) in [6.45, 7) is 5.39. The molecule has 22 heavy (non-hydrogen) atoms. The Hall–Kier alpha value is -1.74. The van der Waals surface area contributed by atoms with Crippen LogP contribution in [-0.2, 0) is 0 Å². The van der Waals surface area contributed by atoms with Crippen LogP contribution in [-0.4, -0.2) is 12.6 Å². The second-order valence-electron chi connectivity index (χ2n) is 6.55. The summed E-state index contributed by atoms with van der Waals surface area (Å²) in [5, 5.41) is 3.64. The second-order valence-corrected chi connectivity index (χ2v) is 6.55. The second kappa shape index (κ2) is 6.57. The number of nitrogens with one attached hydrogen (secondary N) is 1. The molecule has 3 heteroatoms. The minimum absolute atomic E-state index is 0.424. The predicted molar refractivity (Wildman–Crippen MR) is 92.0 cm³/mol. The zero-order valence-corrected chi connectivity index (χ0v) is 13.6. The van der Waals surface area contributed by atoms with Crippen LogP contribution in [0.1, 0.15) is 36.8 Å². The molecule has 2 aromatic rings. The molecule has 0 bridgehead atoms. The van der Waals surface area contributed by atoms with Gasteiger partial charge in [0, 0.05) is 23.8 Å². The lowest BCUT2D eigenvalue weighted by Crippen LogP contribution is -2.29. The monoisotopic (exact) mass is 298 g/mol. The van der Waals surface area contributed by atoms with Gasteiger partial charge in [-0.25, -0.2) is 0 Å². The van der Waals surface area contributed by atoms with Gasteiger partial charge in [0.15, 0.2) is 0 Å². The van der Waals surface area contributed by atoms with E-state index in [2.05, 4.69) is 31.3 Å². The molecule has 3 N–H and O–H groups in total. The Bertz CT molecular complexity index is 611. The van der Waals surface area contributed by atoms with Crippen molar-refractivity contribution in [3.63, 3.8) is 0 Å². The Labute approximate surface area is 132 Å². The van der Waals surface area contributed by atoms with Crippen molar-refractivity contribution in [1.29, 1.82) is 0 Å². The molecule has 1 aromatic heterocycles. The van der Waals surface area contributed by atoms with E-state index in [1.807, 2.05) is 12.1 Å². The molecular formula is C19H26N2O. The number of hydrogen-bond acceptors (Lipinski definition) is 3. The Morgan fingerprint density at radius 2 is 1.86 bits per heavy atom. The van der Waals surface area contributed by atoms with Crippen molar-refractivity contribution in [2.45, 2.75) is 45.6 Å². The van der Waals surface area contributed by atoms with E-state index in [0.29, 0.717) is 6.04 Å². The van der Waals surface area contributed by atoms with Gasteiger partial charge in [0.05, 0.1) is 6.26 Å². The van der Waals surface area contributed by atoms with E-state index in [4.69, 9.17) is 10.2 Å². The SMILES string of the molecule is Cc1c(NC[C@H]2CC[C@H](N)CC2)ccc(-c2ccco2)c1C. The third-order valence-corrected chi connectivity index (χ3v) is 5.05. The number of anilines is 1. The van der Waals surface area contributed by atoms with Crippen molar-refractivity contribution in [2.75, 3.05) is 11.9 Å². The molecule has 0 aliphatic heterocycles. The first-order chi connectivity index (χ1) is 10.6. The van der Waals surface area contributed by atoms with Crippen LogP contribution in [0, 0.1) is 19.8 Å². The molecule has 3 rings (SSSR count). The third kappa shape index (κ3) is 3.20. The van der Waals surface area contributed by atoms with Crippen LogP contribution >= 0.6 is 0 Å². The van der Waals surface area contributed by atoms with Gasteiger partial charge < -0.3 is 15.5 Å². The van der Waals surface area contributed by atoms with E-state index in [0.717, 1.165) is 18.2 Å². The minimum atomic E-state index is 0.424. The molecular weight excluding hydrogens is 272 g/mol. The van der Waals surface area contributed by atoms with Crippen molar-refractivity contribution >= 4 is 5.69 Å². The fourth-order valence-corrected chi connectivity index (χ4v) is 3.36. The maximum Gasteiger partial charge on any atom is 0.134 e. The van der Waals surface area contributed by atoms with Crippen LogP contribution in [0.25, 0.3) is 11.3 Å². The number of benzene rings is 1. The van der Waals surface area contributed by atoms with E-state index in [1.54, 1.807) is 6.26 Å². The van der Waals surface area contributed by atoms with Gasteiger partial charge in [-0.05, 0) is 80.8 Å². The van der Waals surface area contributed by atoms with Gasteiger partial charge in [-0.2, -0.15) is 0 Å². The molecule has 0 atom stereocenters. The van der Waals surface area contributed by atoms with Crippen molar-refractivity contribution in [3.8, 4) is 11.3 Å². The zero-order chi connectivity index (χ0) is 15.5. The number of hydrogen-bond donors (Lipinski definition) is 2. The normalized spacial score (nSPS) is 21.8. The van der Waals surface area contributed by atoms with Gasteiger partial charge in [-0.3, -0.25) is 0 Å². The number of rotatable bonds is 4. The smallest absolute Gasteiger partial charge is 0.134 e. The van der Waals surface area contributed by atoms with Gasteiger partial charge >= 0.3 is 0 Å². The maximum atomic E-state index is 5.98. The van der Waals surface area contributed by atoms with Gasteiger partial charge in [0.1, 0.15) is 5.76 Å². The first-order valence-electron chi connectivity index (χ1n) is 8.28. The van der Waals surface area contributed by atoms with Crippen LogP contribution in [0.15, 0.2) is 34.9 Å². The van der Waals surface area contributed by atoms with Gasteiger partial charge in [-0.15, -0.1) is 0 Å². The minimum Gasteiger partial charge on any atom is -0.464 e. The highest BCUT2D eigenvalue weighted by atomic mass is 16.3. The molecule has 3 nitrogen and oxygen atoms in total. The fraction of sp³-hybridized carbons (Fsp3) is 0.474. The standard InChI is InChI=1S/C19H26N2O/c1-13-14(2)18(10-9-17(13)19-4-3-11-22-19)21-12-15-5-7-16(20)8-6-15/h3-4,9-11,15-16,21H,5-8,12,20H2,1-2H3/t15-,16-. The average molecular weight is 298 g/mol. The van der Waals surface area contributed by atoms with Gasteiger partial charge in [0.25, 0.3) is 0 Å². The average Bonchev–Trinajstić information content (AvgIpc) is 3.04. The van der Waals surface area contributed by atoms with Crippen molar-refractivity contribution in [2.24, 2.45) is 11.7 Å². The van der Waals surface area contributed by atoms with Crippen LogP contribution in [0.4, 0.5) is 5.69 Å². The van der Waals surface area contributed by atoms with Crippen molar-refractivity contribution in [1.82, 2.24) is 0 Å². The van der Waals surface area contributed by atoms with Crippen molar-refractivity contribution in [3.05, 3.63) is 41.7 Å². The van der Waals surface area contributed by atoms with Crippen LogP contribution in [0.3, 0.4) is 0 Å². The van der Waals surface area contributed by atoms with Crippen LogP contribution < -0.4 is 11.1 Å². The van der Waals surface area contributed by atoms with Gasteiger partial charge in [-0.1, -0.05) is 0 Å². The summed E-state index contributed by atoms with van der Waals surface area (Å²) >= 11 is 0. The highest BCUT2D eigenvalue weighted by Crippen LogP contribution is 2.31. The molecule has 1 fully saturated rings. The Kier molecular flexibility index (Phi) is 4.53. The van der Waals surface area contributed by atoms with E-state index in [9.17, 15) is 0 Å². The van der Waals surface area contributed by atoms with E-state index >= 15 is 0 Å². The molecule has 118 valence electrons. The molecule has 1 heterocycles. The van der Waals surface area contributed by atoms with Gasteiger partial charge in [0.2, 0.25) is 0 Å². The predicted octanol–water partition coefficient (Wildman–Crippen LogP) is 4.49. The first-order valence-corrected chi connectivity index (χ1v) is 8.28. The Morgan fingerprint density at radius 1 is 1.09 bits per heavy atom.